The fraction of sp³-hybridized carbons (Fsp3) is 0.769. The van der Waals surface area contributed by atoms with E-state index in [4.69, 9.17) is 4.74 Å². The largest absolute Gasteiger partial charge is 0.466 e. The Kier molecular flexibility index (Phi) is 4.94. The van der Waals surface area contributed by atoms with Gasteiger partial charge in [0.15, 0.2) is 0 Å². The summed E-state index contributed by atoms with van der Waals surface area (Å²) in [6, 6.07) is -0.355. The highest BCUT2D eigenvalue weighted by atomic mass is 16.5. The molecule has 0 saturated carbocycles. The highest BCUT2D eigenvalue weighted by molar-refractivity contribution is 5.87. The molecule has 2 rings (SSSR count). The van der Waals surface area contributed by atoms with Gasteiger partial charge in [-0.2, -0.15) is 0 Å². The van der Waals surface area contributed by atoms with Crippen molar-refractivity contribution >= 4 is 17.8 Å². The second-order valence-corrected chi connectivity index (χ2v) is 5.09. The van der Waals surface area contributed by atoms with E-state index in [1.54, 1.807) is 11.8 Å². The summed E-state index contributed by atoms with van der Waals surface area (Å²) < 4.78 is 5.00. The van der Waals surface area contributed by atoms with Gasteiger partial charge in [-0.25, -0.2) is 0 Å². The summed E-state index contributed by atoms with van der Waals surface area (Å²) in [7, 11) is 0. The second-order valence-electron chi connectivity index (χ2n) is 5.09. The van der Waals surface area contributed by atoms with Crippen LogP contribution < -0.4 is 10.6 Å². The third kappa shape index (κ3) is 3.47. The molecule has 2 amide bonds. The molecule has 7 nitrogen and oxygen atoms in total. The van der Waals surface area contributed by atoms with E-state index >= 15 is 0 Å². The van der Waals surface area contributed by atoms with Gasteiger partial charge in [-0.3, -0.25) is 19.7 Å². The number of rotatable bonds is 3. The van der Waals surface area contributed by atoms with Crippen molar-refractivity contribution in [3.8, 4) is 0 Å². The normalized spacial score (nSPS) is 24.1. The number of ether oxygens (including phenoxy) is 1. The van der Waals surface area contributed by atoms with Gasteiger partial charge >= 0.3 is 5.97 Å². The lowest BCUT2D eigenvalue weighted by Crippen LogP contribution is -2.59. The van der Waals surface area contributed by atoms with Gasteiger partial charge in [0.05, 0.1) is 19.1 Å². The molecular formula is C13H21N3O4. The number of esters is 1. The van der Waals surface area contributed by atoms with Crippen LogP contribution in [0.5, 0.6) is 0 Å². The van der Waals surface area contributed by atoms with Crippen molar-refractivity contribution in [1.29, 1.82) is 0 Å². The maximum Gasteiger partial charge on any atom is 0.309 e. The van der Waals surface area contributed by atoms with Crippen LogP contribution in [-0.4, -0.2) is 61.5 Å². The van der Waals surface area contributed by atoms with Crippen LogP contribution in [0.15, 0.2) is 0 Å². The van der Waals surface area contributed by atoms with Crippen LogP contribution >= 0.6 is 0 Å². The van der Waals surface area contributed by atoms with Crippen molar-refractivity contribution in [3.63, 3.8) is 0 Å². The van der Waals surface area contributed by atoms with Gasteiger partial charge < -0.3 is 15.0 Å². The average Bonchev–Trinajstić information content (AvgIpc) is 2.48. The van der Waals surface area contributed by atoms with E-state index in [2.05, 4.69) is 10.6 Å². The van der Waals surface area contributed by atoms with Gasteiger partial charge in [0.2, 0.25) is 11.8 Å². The van der Waals surface area contributed by atoms with Crippen LogP contribution in [0.25, 0.3) is 0 Å². The Morgan fingerprint density at radius 1 is 1.35 bits per heavy atom. The zero-order valence-electron chi connectivity index (χ0n) is 11.7. The van der Waals surface area contributed by atoms with Gasteiger partial charge in [0, 0.05) is 19.6 Å². The lowest BCUT2D eigenvalue weighted by Gasteiger charge is -2.34. The molecule has 0 radical (unpaired) electrons. The Morgan fingerprint density at radius 2 is 2.05 bits per heavy atom. The molecule has 2 saturated heterocycles. The second kappa shape index (κ2) is 6.69. The van der Waals surface area contributed by atoms with Crippen LogP contribution in [0, 0.1) is 5.92 Å². The van der Waals surface area contributed by atoms with E-state index in [1.807, 2.05) is 0 Å². The Bertz CT molecular complexity index is 381. The van der Waals surface area contributed by atoms with E-state index in [0.29, 0.717) is 39.1 Å². The number of piperidine rings is 1. The van der Waals surface area contributed by atoms with Gasteiger partial charge in [-0.15, -0.1) is 0 Å². The molecule has 20 heavy (non-hydrogen) atoms. The number of carbonyl (C=O) groups excluding carboxylic acids is 3. The quantitative estimate of drug-likeness (QED) is 0.640. The smallest absolute Gasteiger partial charge is 0.309 e. The molecule has 7 heteroatoms. The van der Waals surface area contributed by atoms with Crippen LogP contribution in [0.3, 0.4) is 0 Å². The van der Waals surface area contributed by atoms with Crippen molar-refractivity contribution in [1.82, 2.24) is 15.5 Å². The highest BCUT2D eigenvalue weighted by Crippen LogP contribution is 2.19. The van der Waals surface area contributed by atoms with Crippen LogP contribution in [0.2, 0.25) is 0 Å². The van der Waals surface area contributed by atoms with Crippen LogP contribution in [0.4, 0.5) is 0 Å². The Morgan fingerprint density at radius 3 is 2.60 bits per heavy atom. The molecule has 0 spiro atoms. The van der Waals surface area contributed by atoms with E-state index in [9.17, 15) is 14.4 Å². The lowest BCUT2D eigenvalue weighted by molar-refractivity contribution is -0.151. The monoisotopic (exact) mass is 283 g/mol. The number of likely N-dealkylation sites (tertiary alicyclic amines) is 1. The highest BCUT2D eigenvalue weighted by Gasteiger charge is 2.32. The first kappa shape index (κ1) is 14.8. The van der Waals surface area contributed by atoms with Crippen molar-refractivity contribution in [2.45, 2.75) is 25.8 Å². The summed E-state index contributed by atoms with van der Waals surface area (Å²) in [6.07, 6.45) is 1.29. The van der Waals surface area contributed by atoms with Crippen molar-refractivity contribution in [2.75, 3.05) is 32.8 Å². The molecule has 0 aromatic rings. The van der Waals surface area contributed by atoms with Gasteiger partial charge in [-0.1, -0.05) is 0 Å². The van der Waals surface area contributed by atoms with Gasteiger partial charge in [0.1, 0.15) is 6.04 Å². The predicted octanol–water partition coefficient (Wildman–Crippen LogP) is -1.12. The molecule has 1 atom stereocenters. The summed E-state index contributed by atoms with van der Waals surface area (Å²) >= 11 is 0. The first-order chi connectivity index (χ1) is 9.61. The van der Waals surface area contributed by atoms with Crippen LogP contribution in [-0.2, 0) is 19.1 Å². The molecule has 2 N–H and O–H groups in total. The number of nitrogens with zero attached hydrogens (tertiary/aromatic N) is 1. The third-order valence-electron chi connectivity index (χ3n) is 3.74. The summed E-state index contributed by atoms with van der Waals surface area (Å²) in [5.41, 5.74) is 0. The standard InChI is InChI=1S/C13H21N3O4/c1-2-20-13(19)9-3-5-16(6-4-9)12(18)10-7-15-11(17)8-14-10/h9-10,14H,2-8H2,1H3,(H,15,17). The van der Waals surface area contributed by atoms with Crippen molar-refractivity contribution in [2.24, 2.45) is 5.92 Å². The summed E-state index contributed by atoms with van der Waals surface area (Å²) in [4.78, 5) is 36.7. The maximum atomic E-state index is 12.3. The number of hydrogen-bond donors (Lipinski definition) is 2. The fourth-order valence-corrected chi connectivity index (χ4v) is 2.56. The third-order valence-corrected chi connectivity index (χ3v) is 3.74. The first-order valence-corrected chi connectivity index (χ1v) is 7.07. The number of nitrogens with one attached hydrogen (secondary N) is 2. The molecule has 0 aromatic heterocycles. The summed E-state index contributed by atoms with van der Waals surface area (Å²) in [5, 5.41) is 5.60. The van der Waals surface area contributed by atoms with Crippen molar-refractivity contribution in [3.05, 3.63) is 0 Å². The minimum atomic E-state index is -0.355. The van der Waals surface area contributed by atoms with Gasteiger partial charge in [-0.05, 0) is 19.8 Å². The number of carbonyl (C=O) groups is 3. The molecule has 0 aliphatic carbocycles. The molecular weight excluding hydrogens is 262 g/mol. The topological polar surface area (TPSA) is 87.7 Å². The molecule has 0 aromatic carbocycles. The zero-order chi connectivity index (χ0) is 14.5. The van der Waals surface area contributed by atoms with Crippen molar-refractivity contribution < 1.29 is 19.1 Å². The Hall–Kier alpha value is -1.63. The summed E-state index contributed by atoms with van der Waals surface area (Å²) in [5.74, 6) is -0.358. The minimum Gasteiger partial charge on any atom is -0.466 e. The van der Waals surface area contributed by atoms with Gasteiger partial charge in [0.25, 0.3) is 0 Å². The number of piperazine rings is 1. The predicted molar refractivity (Wildman–Crippen MR) is 70.7 cm³/mol. The summed E-state index contributed by atoms with van der Waals surface area (Å²) in [6.45, 7) is 3.82. The molecule has 112 valence electrons. The Labute approximate surface area is 118 Å². The number of amides is 2. The van der Waals surface area contributed by atoms with E-state index < -0.39 is 0 Å². The molecule has 1 unspecified atom stereocenters. The fourth-order valence-electron chi connectivity index (χ4n) is 2.56. The molecule has 2 aliphatic rings. The van der Waals surface area contributed by atoms with E-state index in [1.165, 1.54) is 0 Å². The maximum absolute atomic E-state index is 12.3. The minimum absolute atomic E-state index is 0.00712. The lowest BCUT2D eigenvalue weighted by atomic mass is 9.96. The SMILES string of the molecule is CCOC(=O)C1CCN(C(=O)C2CNC(=O)CN2)CC1. The molecule has 2 heterocycles. The molecule has 0 bridgehead atoms. The van der Waals surface area contributed by atoms with E-state index in [0.717, 1.165) is 0 Å². The first-order valence-electron chi connectivity index (χ1n) is 7.07. The zero-order valence-corrected chi connectivity index (χ0v) is 11.7. The average molecular weight is 283 g/mol. The molecule has 2 fully saturated rings. The number of hydrogen-bond acceptors (Lipinski definition) is 5. The molecule has 2 aliphatic heterocycles. The van der Waals surface area contributed by atoms with E-state index in [-0.39, 0.29) is 36.3 Å². The Balaban J connectivity index is 1.80. The van der Waals surface area contributed by atoms with Crippen LogP contribution in [0.1, 0.15) is 19.8 Å².